The van der Waals surface area contributed by atoms with Crippen LogP contribution in [0, 0.1) is 0 Å². The van der Waals surface area contributed by atoms with E-state index in [2.05, 4.69) is 22.3 Å². The van der Waals surface area contributed by atoms with Crippen molar-refractivity contribution in [2.24, 2.45) is 0 Å². The Balaban J connectivity index is 1.52. The number of benzene rings is 2. The van der Waals surface area contributed by atoms with Crippen molar-refractivity contribution < 1.29 is 9.53 Å². The summed E-state index contributed by atoms with van der Waals surface area (Å²) in [4.78, 5) is 17.2. The quantitative estimate of drug-likeness (QED) is 0.918. The molecule has 1 N–H and O–H groups in total. The fourth-order valence-corrected chi connectivity index (χ4v) is 3.99. The van der Waals surface area contributed by atoms with E-state index in [1.165, 1.54) is 19.4 Å². The molecular formula is C21H25N3O2. The van der Waals surface area contributed by atoms with E-state index >= 15 is 0 Å². The predicted molar refractivity (Wildman–Crippen MR) is 104 cm³/mol. The Morgan fingerprint density at radius 2 is 1.92 bits per heavy atom. The molecule has 0 radical (unpaired) electrons. The van der Waals surface area contributed by atoms with Crippen LogP contribution in [0.1, 0.15) is 12.8 Å². The number of nitrogens with one attached hydrogen (secondary N) is 1. The SMILES string of the molecule is COc1ccc(-c2ccccc2)cc1NC(=O)N1CCN2CCC[C@H]2C1. The number of rotatable bonds is 3. The van der Waals surface area contributed by atoms with Crippen LogP contribution in [-0.4, -0.2) is 55.2 Å². The van der Waals surface area contributed by atoms with Crippen molar-refractivity contribution in [3.63, 3.8) is 0 Å². The average molecular weight is 351 g/mol. The summed E-state index contributed by atoms with van der Waals surface area (Å²) in [5.41, 5.74) is 2.89. The summed E-state index contributed by atoms with van der Waals surface area (Å²) in [6.45, 7) is 3.74. The molecule has 0 spiro atoms. The van der Waals surface area contributed by atoms with Crippen molar-refractivity contribution in [2.75, 3.05) is 38.6 Å². The number of anilines is 1. The summed E-state index contributed by atoms with van der Waals surface area (Å²) in [5.74, 6) is 0.678. The zero-order valence-corrected chi connectivity index (χ0v) is 15.1. The third kappa shape index (κ3) is 3.40. The Hall–Kier alpha value is -2.53. The van der Waals surface area contributed by atoms with Crippen molar-refractivity contribution >= 4 is 11.7 Å². The predicted octanol–water partition coefficient (Wildman–Crippen LogP) is 3.67. The first-order valence-corrected chi connectivity index (χ1v) is 9.28. The van der Waals surface area contributed by atoms with Gasteiger partial charge in [-0.1, -0.05) is 36.4 Å². The van der Waals surface area contributed by atoms with Crippen molar-refractivity contribution in [1.82, 2.24) is 9.80 Å². The number of fused-ring (bicyclic) bond motifs is 1. The van der Waals surface area contributed by atoms with E-state index in [0.29, 0.717) is 17.5 Å². The van der Waals surface area contributed by atoms with Crippen LogP contribution < -0.4 is 10.1 Å². The first-order chi connectivity index (χ1) is 12.7. The van der Waals surface area contributed by atoms with E-state index in [1.54, 1.807) is 7.11 Å². The number of piperazine rings is 1. The lowest BCUT2D eigenvalue weighted by molar-refractivity contribution is 0.124. The molecule has 0 unspecified atom stereocenters. The monoisotopic (exact) mass is 351 g/mol. The minimum atomic E-state index is -0.0416. The summed E-state index contributed by atoms with van der Waals surface area (Å²) in [6.07, 6.45) is 2.43. The molecule has 2 aromatic carbocycles. The molecule has 2 aliphatic heterocycles. The van der Waals surface area contributed by atoms with E-state index in [9.17, 15) is 4.79 Å². The molecule has 0 aromatic heterocycles. The molecule has 4 rings (SSSR count). The number of hydrogen-bond donors (Lipinski definition) is 1. The maximum atomic E-state index is 12.8. The highest BCUT2D eigenvalue weighted by Crippen LogP contribution is 2.31. The number of carbonyl (C=O) groups is 1. The topological polar surface area (TPSA) is 44.8 Å². The Morgan fingerprint density at radius 3 is 2.73 bits per heavy atom. The smallest absolute Gasteiger partial charge is 0.322 e. The molecule has 2 heterocycles. The molecule has 26 heavy (non-hydrogen) atoms. The summed E-state index contributed by atoms with van der Waals surface area (Å²) < 4.78 is 5.45. The molecule has 2 aliphatic rings. The molecule has 2 fully saturated rings. The highest BCUT2D eigenvalue weighted by atomic mass is 16.5. The van der Waals surface area contributed by atoms with Crippen LogP contribution in [0.25, 0.3) is 11.1 Å². The van der Waals surface area contributed by atoms with E-state index < -0.39 is 0 Å². The van der Waals surface area contributed by atoms with Crippen LogP contribution in [0.4, 0.5) is 10.5 Å². The summed E-state index contributed by atoms with van der Waals surface area (Å²) in [7, 11) is 1.63. The lowest BCUT2D eigenvalue weighted by Gasteiger charge is -2.37. The van der Waals surface area contributed by atoms with Gasteiger partial charge in [-0.3, -0.25) is 4.90 Å². The molecule has 1 atom stereocenters. The van der Waals surface area contributed by atoms with Gasteiger partial charge in [0, 0.05) is 25.7 Å². The first kappa shape index (κ1) is 16.9. The summed E-state index contributed by atoms with van der Waals surface area (Å²) in [5, 5.41) is 3.06. The molecule has 5 nitrogen and oxygen atoms in total. The van der Waals surface area contributed by atoms with Gasteiger partial charge in [-0.25, -0.2) is 4.79 Å². The lowest BCUT2D eigenvalue weighted by atomic mass is 10.0. The number of carbonyl (C=O) groups excluding carboxylic acids is 1. The largest absolute Gasteiger partial charge is 0.495 e. The minimum Gasteiger partial charge on any atom is -0.495 e. The number of methoxy groups -OCH3 is 1. The molecule has 0 aliphatic carbocycles. The average Bonchev–Trinajstić information content (AvgIpc) is 3.16. The number of nitrogens with zero attached hydrogens (tertiary/aromatic N) is 2. The molecule has 2 amide bonds. The fraction of sp³-hybridized carbons (Fsp3) is 0.381. The van der Waals surface area contributed by atoms with Gasteiger partial charge < -0.3 is 15.0 Å². The van der Waals surface area contributed by atoms with Gasteiger partial charge in [-0.05, 0) is 42.6 Å². The Morgan fingerprint density at radius 1 is 1.08 bits per heavy atom. The maximum absolute atomic E-state index is 12.8. The van der Waals surface area contributed by atoms with Crippen LogP contribution in [0.5, 0.6) is 5.75 Å². The number of urea groups is 1. The van der Waals surface area contributed by atoms with E-state index in [4.69, 9.17) is 4.74 Å². The van der Waals surface area contributed by atoms with Gasteiger partial charge in [0.2, 0.25) is 0 Å². The van der Waals surface area contributed by atoms with Gasteiger partial charge in [0.05, 0.1) is 12.8 Å². The zero-order valence-electron chi connectivity index (χ0n) is 15.1. The molecule has 136 valence electrons. The van der Waals surface area contributed by atoms with Crippen LogP contribution >= 0.6 is 0 Å². The van der Waals surface area contributed by atoms with Crippen molar-refractivity contribution in [2.45, 2.75) is 18.9 Å². The molecule has 0 saturated carbocycles. The van der Waals surface area contributed by atoms with Crippen LogP contribution in [0.2, 0.25) is 0 Å². The zero-order chi connectivity index (χ0) is 17.9. The fourth-order valence-electron chi connectivity index (χ4n) is 3.99. The van der Waals surface area contributed by atoms with Crippen LogP contribution in [-0.2, 0) is 0 Å². The van der Waals surface area contributed by atoms with Crippen LogP contribution in [0.3, 0.4) is 0 Å². The van der Waals surface area contributed by atoms with Gasteiger partial charge in [0.15, 0.2) is 0 Å². The second-order valence-corrected chi connectivity index (χ2v) is 6.99. The van der Waals surface area contributed by atoms with E-state index in [0.717, 1.165) is 30.8 Å². The standard InChI is InChI=1S/C21H25N3O2/c1-26-20-10-9-17(16-6-3-2-4-7-16)14-19(20)22-21(25)24-13-12-23-11-5-8-18(23)15-24/h2-4,6-7,9-10,14,18H,5,8,11-13,15H2,1H3,(H,22,25)/t18-/m0/s1. The van der Waals surface area contributed by atoms with Gasteiger partial charge in [-0.2, -0.15) is 0 Å². The van der Waals surface area contributed by atoms with Gasteiger partial charge in [-0.15, -0.1) is 0 Å². The number of amides is 2. The highest BCUT2D eigenvalue weighted by Gasteiger charge is 2.32. The van der Waals surface area contributed by atoms with Crippen molar-refractivity contribution in [3.05, 3.63) is 48.5 Å². The molecule has 0 bridgehead atoms. The van der Waals surface area contributed by atoms with E-state index in [-0.39, 0.29) is 6.03 Å². The molecule has 2 aromatic rings. The van der Waals surface area contributed by atoms with E-state index in [1.807, 2.05) is 41.3 Å². The third-order valence-corrected chi connectivity index (χ3v) is 5.42. The molecular weight excluding hydrogens is 326 g/mol. The van der Waals surface area contributed by atoms with Gasteiger partial charge in [0.1, 0.15) is 5.75 Å². The highest BCUT2D eigenvalue weighted by molar-refractivity contribution is 5.92. The number of hydrogen-bond acceptors (Lipinski definition) is 3. The Bertz CT molecular complexity index is 778. The second kappa shape index (κ2) is 7.38. The molecule has 5 heteroatoms. The second-order valence-electron chi connectivity index (χ2n) is 6.99. The van der Waals surface area contributed by atoms with Crippen molar-refractivity contribution in [3.8, 4) is 16.9 Å². The lowest BCUT2D eigenvalue weighted by Crippen LogP contribution is -2.53. The maximum Gasteiger partial charge on any atom is 0.322 e. The Labute approximate surface area is 154 Å². The minimum absolute atomic E-state index is 0.0416. The van der Waals surface area contributed by atoms with Crippen molar-refractivity contribution in [1.29, 1.82) is 0 Å². The first-order valence-electron chi connectivity index (χ1n) is 9.28. The normalized spacial score (nSPS) is 19.9. The van der Waals surface area contributed by atoms with Crippen LogP contribution in [0.15, 0.2) is 48.5 Å². The van der Waals surface area contributed by atoms with Gasteiger partial charge >= 0.3 is 6.03 Å². The summed E-state index contributed by atoms with van der Waals surface area (Å²) in [6, 6.07) is 16.5. The third-order valence-electron chi connectivity index (χ3n) is 5.42. The van der Waals surface area contributed by atoms with Gasteiger partial charge in [0.25, 0.3) is 0 Å². The Kier molecular flexibility index (Phi) is 4.80. The molecule has 2 saturated heterocycles. The number of ether oxygens (including phenoxy) is 1. The summed E-state index contributed by atoms with van der Waals surface area (Å²) >= 11 is 0.